The number of benzene rings is 1. The molecule has 3 rings (SSSR count). The van der Waals surface area contributed by atoms with Gasteiger partial charge in [-0.05, 0) is 54.2 Å². The molecule has 0 radical (unpaired) electrons. The molecular weight excluding hydrogens is 288 g/mol. The Morgan fingerprint density at radius 1 is 1.23 bits per heavy atom. The van der Waals surface area contributed by atoms with Crippen LogP contribution in [0.4, 0.5) is 5.69 Å². The molecule has 3 heteroatoms. The van der Waals surface area contributed by atoms with Crippen LogP contribution in [0.2, 0.25) is 0 Å². The normalized spacial score (nSPS) is 16.6. The van der Waals surface area contributed by atoms with Crippen molar-refractivity contribution in [3.05, 3.63) is 58.9 Å². The highest BCUT2D eigenvalue weighted by Gasteiger charge is 2.20. The van der Waals surface area contributed by atoms with E-state index in [-0.39, 0.29) is 0 Å². The van der Waals surface area contributed by atoms with Gasteiger partial charge in [0.15, 0.2) is 0 Å². The van der Waals surface area contributed by atoms with E-state index >= 15 is 0 Å². The maximum absolute atomic E-state index is 4.36. The number of pyridine rings is 1. The minimum Gasteiger partial charge on any atom is -0.349 e. The molecule has 114 valence electrons. The van der Waals surface area contributed by atoms with Gasteiger partial charge in [-0.25, -0.2) is 0 Å². The first kappa shape index (κ1) is 15.2. The van der Waals surface area contributed by atoms with Crippen LogP contribution in [0.3, 0.4) is 0 Å². The number of nitrogens with one attached hydrogen (secondary N) is 1. The number of fused-ring (bicyclic) bond motifs is 1. The standard InChI is InChI=1S/C19H22N2S/c1-4-16(13(2)3)14-8-9-17-18(11-14)22-19(21-17)12-15-7-5-6-10-20-15/h5-13,16,21H,4H2,1-3H3/b19-12+. The van der Waals surface area contributed by atoms with Gasteiger partial charge in [-0.15, -0.1) is 0 Å². The molecule has 0 saturated carbocycles. The second kappa shape index (κ2) is 6.57. The van der Waals surface area contributed by atoms with E-state index in [2.05, 4.69) is 55.3 Å². The van der Waals surface area contributed by atoms with Gasteiger partial charge in [0, 0.05) is 11.1 Å². The van der Waals surface area contributed by atoms with Crippen LogP contribution in [0.15, 0.2) is 52.5 Å². The molecule has 0 fully saturated rings. The van der Waals surface area contributed by atoms with Crippen molar-refractivity contribution in [2.75, 3.05) is 5.32 Å². The second-order valence-electron chi connectivity index (χ2n) is 6.00. The summed E-state index contributed by atoms with van der Waals surface area (Å²) in [5.41, 5.74) is 3.64. The van der Waals surface area contributed by atoms with Gasteiger partial charge in [0.2, 0.25) is 0 Å². The smallest absolute Gasteiger partial charge is 0.0796 e. The summed E-state index contributed by atoms with van der Waals surface area (Å²) in [6.45, 7) is 6.88. The quantitative estimate of drug-likeness (QED) is 0.778. The van der Waals surface area contributed by atoms with Crippen LogP contribution in [-0.2, 0) is 0 Å². The van der Waals surface area contributed by atoms with E-state index in [0.29, 0.717) is 11.8 Å². The molecule has 2 heterocycles. The summed E-state index contributed by atoms with van der Waals surface area (Å²) < 4.78 is 0. The maximum Gasteiger partial charge on any atom is 0.0796 e. The Kier molecular flexibility index (Phi) is 4.53. The van der Waals surface area contributed by atoms with Gasteiger partial charge in [-0.3, -0.25) is 4.98 Å². The summed E-state index contributed by atoms with van der Waals surface area (Å²) in [7, 11) is 0. The Balaban J connectivity index is 1.83. The van der Waals surface area contributed by atoms with Crippen LogP contribution in [0, 0.1) is 5.92 Å². The summed E-state index contributed by atoms with van der Waals surface area (Å²) in [5, 5.41) is 4.62. The molecule has 1 aromatic carbocycles. The van der Waals surface area contributed by atoms with Gasteiger partial charge in [0.1, 0.15) is 0 Å². The van der Waals surface area contributed by atoms with E-state index in [1.165, 1.54) is 22.6 Å². The molecule has 0 aliphatic carbocycles. The highest BCUT2D eigenvalue weighted by molar-refractivity contribution is 8.03. The third-order valence-corrected chi connectivity index (χ3v) is 5.12. The van der Waals surface area contributed by atoms with Crippen molar-refractivity contribution < 1.29 is 0 Å². The first-order chi connectivity index (χ1) is 10.7. The van der Waals surface area contributed by atoms with Crippen molar-refractivity contribution in [1.29, 1.82) is 0 Å². The fraction of sp³-hybridized carbons (Fsp3) is 0.316. The molecule has 2 nitrogen and oxygen atoms in total. The Morgan fingerprint density at radius 3 is 2.77 bits per heavy atom. The highest BCUT2D eigenvalue weighted by atomic mass is 32.2. The molecule has 1 aliphatic heterocycles. The Labute approximate surface area is 137 Å². The number of anilines is 1. The lowest BCUT2D eigenvalue weighted by Crippen LogP contribution is -2.05. The summed E-state index contributed by atoms with van der Waals surface area (Å²) >= 11 is 1.79. The lowest BCUT2D eigenvalue weighted by molar-refractivity contribution is 0.485. The van der Waals surface area contributed by atoms with E-state index in [4.69, 9.17) is 0 Å². The molecule has 1 N–H and O–H groups in total. The third kappa shape index (κ3) is 3.20. The molecule has 0 spiro atoms. The van der Waals surface area contributed by atoms with Crippen molar-refractivity contribution in [1.82, 2.24) is 4.98 Å². The average Bonchev–Trinajstić information content (AvgIpc) is 2.90. The summed E-state index contributed by atoms with van der Waals surface area (Å²) in [6.07, 6.45) is 5.11. The maximum atomic E-state index is 4.36. The molecule has 1 atom stereocenters. The van der Waals surface area contributed by atoms with Crippen LogP contribution >= 0.6 is 11.8 Å². The molecule has 1 aliphatic rings. The minimum absolute atomic E-state index is 0.634. The van der Waals surface area contributed by atoms with Gasteiger partial charge in [0.05, 0.1) is 16.4 Å². The minimum atomic E-state index is 0.634. The fourth-order valence-corrected chi connectivity index (χ4v) is 3.99. The van der Waals surface area contributed by atoms with E-state index in [0.717, 1.165) is 10.7 Å². The summed E-state index contributed by atoms with van der Waals surface area (Å²) in [5.74, 6) is 1.31. The molecule has 0 amide bonds. The molecule has 0 bridgehead atoms. The molecular formula is C19H22N2S. The lowest BCUT2D eigenvalue weighted by Gasteiger charge is -2.20. The van der Waals surface area contributed by atoms with Crippen molar-refractivity contribution in [3.63, 3.8) is 0 Å². The number of aromatic nitrogens is 1. The Bertz CT molecular complexity index is 677. The summed E-state index contributed by atoms with van der Waals surface area (Å²) in [6, 6.07) is 12.8. The van der Waals surface area contributed by atoms with E-state index < -0.39 is 0 Å². The highest BCUT2D eigenvalue weighted by Crippen LogP contribution is 2.43. The van der Waals surface area contributed by atoms with Gasteiger partial charge in [-0.2, -0.15) is 0 Å². The van der Waals surface area contributed by atoms with Crippen molar-refractivity contribution >= 4 is 23.5 Å². The second-order valence-corrected chi connectivity index (χ2v) is 7.09. The predicted molar refractivity (Wildman–Crippen MR) is 96.0 cm³/mol. The van der Waals surface area contributed by atoms with Crippen LogP contribution < -0.4 is 5.32 Å². The van der Waals surface area contributed by atoms with Gasteiger partial charge >= 0.3 is 0 Å². The van der Waals surface area contributed by atoms with Crippen LogP contribution in [0.5, 0.6) is 0 Å². The molecule has 1 unspecified atom stereocenters. The zero-order valence-electron chi connectivity index (χ0n) is 13.3. The topological polar surface area (TPSA) is 24.9 Å². The van der Waals surface area contributed by atoms with Crippen molar-refractivity contribution in [3.8, 4) is 0 Å². The van der Waals surface area contributed by atoms with Crippen molar-refractivity contribution in [2.45, 2.75) is 38.0 Å². The van der Waals surface area contributed by atoms with Gasteiger partial charge in [-0.1, -0.05) is 44.7 Å². The average molecular weight is 310 g/mol. The number of rotatable bonds is 4. The van der Waals surface area contributed by atoms with Crippen molar-refractivity contribution in [2.24, 2.45) is 5.92 Å². The monoisotopic (exact) mass is 310 g/mol. The SMILES string of the molecule is CCC(c1ccc2c(c1)S/C(=C/c1ccccn1)N2)C(C)C. The number of hydrogen-bond donors (Lipinski definition) is 1. The fourth-order valence-electron chi connectivity index (χ4n) is 2.99. The van der Waals surface area contributed by atoms with Crippen LogP contribution in [0.25, 0.3) is 6.08 Å². The van der Waals surface area contributed by atoms with E-state index in [1.807, 2.05) is 24.4 Å². The molecule has 2 aromatic rings. The van der Waals surface area contributed by atoms with E-state index in [1.54, 1.807) is 11.8 Å². The zero-order chi connectivity index (χ0) is 15.5. The largest absolute Gasteiger partial charge is 0.349 e. The zero-order valence-corrected chi connectivity index (χ0v) is 14.2. The van der Waals surface area contributed by atoms with Gasteiger partial charge < -0.3 is 5.32 Å². The van der Waals surface area contributed by atoms with E-state index in [9.17, 15) is 0 Å². The predicted octanol–water partition coefficient (Wildman–Crippen LogP) is 5.75. The molecule has 0 saturated heterocycles. The van der Waals surface area contributed by atoms with Crippen LogP contribution in [0.1, 0.15) is 44.4 Å². The Hall–Kier alpha value is -1.74. The first-order valence-electron chi connectivity index (χ1n) is 7.89. The number of hydrogen-bond acceptors (Lipinski definition) is 3. The lowest BCUT2D eigenvalue weighted by atomic mass is 9.86. The third-order valence-electron chi connectivity index (χ3n) is 4.12. The molecule has 1 aromatic heterocycles. The number of thioether (sulfide) groups is 1. The van der Waals surface area contributed by atoms with Gasteiger partial charge in [0.25, 0.3) is 0 Å². The van der Waals surface area contributed by atoms with Crippen LogP contribution in [-0.4, -0.2) is 4.98 Å². The Morgan fingerprint density at radius 2 is 2.09 bits per heavy atom. The first-order valence-corrected chi connectivity index (χ1v) is 8.70. The number of nitrogens with zero attached hydrogens (tertiary/aromatic N) is 1. The summed E-state index contributed by atoms with van der Waals surface area (Å²) in [4.78, 5) is 5.68. The molecule has 22 heavy (non-hydrogen) atoms.